The fourth-order valence-corrected chi connectivity index (χ4v) is 1.18. The quantitative estimate of drug-likeness (QED) is 0.591. The number of amides is 1. The third kappa shape index (κ3) is 2.84. The van der Waals surface area contributed by atoms with Gasteiger partial charge in [0.2, 0.25) is 5.91 Å². The zero-order chi connectivity index (χ0) is 8.27. The third-order valence-electron chi connectivity index (χ3n) is 1.55. The van der Waals surface area contributed by atoms with Crippen LogP contribution in [0.25, 0.3) is 0 Å². The van der Waals surface area contributed by atoms with Crippen molar-refractivity contribution in [3.63, 3.8) is 0 Å². The zero-order valence-electron chi connectivity index (χ0n) is 6.42. The molecule has 1 aliphatic heterocycles. The normalized spacial score (nSPS) is 24.1. The van der Waals surface area contributed by atoms with E-state index in [0.717, 1.165) is 6.42 Å². The van der Waals surface area contributed by atoms with Crippen LogP contribution >= 0.6 is 12.2 Å². The van der Waals surface area contributed by atoms with Crippen LogP contribution in [-0.2, 0) is 9.53 Å². The number of carbonyl (C=O) groups excluding carboxylic acids is 1. The highest BCUT2D eigenvalue weighted by molar-refractivity contribution is 7.80. The van der Waals surface area contributed by atoms with Crippen molar-refractivity contribution < 1.29 is 9.53 Å². The molecule has 4 heteroatoms. The standard InChI is InChI=1S/C7H11NO2S/c1-5(11)10-6-2-3-7(9)8-4-6/h6H,2-4H2,1H3,(H,8,9). The molecule has 1 rings (SSSR count). The minimum Gasteiger partial charge on any atom is -0.482 e. The number of piperidine rings is 1. The van der Waals surface area contributed by atoms with E-state index in [0.29, 0.717) is 18.0 Å². The molecule has 1 heterocycles. The summed E-state index contributed by atoms with van der Waals surface area (Å²) in [5.74, 6) is 0.104. The van der Waals surface area contributed by atoms with Crippen LogP contribution in [-0.4, -0.2) is 23.6 Å². The average Bonchev–Trinajstić information content (AvgIpc) is 1.93. The average molecular weight is 173 g/mol. The van der Waals surface area contributed by atoms with Crippen LogP contribution in [0.4, 0.5) is 0 Å². The summed E-state index contributed by atoms with van der Waals surface area (Å²) in [6.07, 6.45) is 1.41. The molecule has 0 aliphatic carbocycles. The van der Waals surface area contributed by atoms with Gasteiger partial charge in [-0.15, -0.1) is 0 Å². The van der Waals surface area contributed by atoms with Gasteiger partial charge in [-0.2, -0.15) is 0 Å². The summed E-state index contributed by atoms with van der Waals surface area (Å²) in [5.41, 5.74) is 0. The van der Waals surface area contributed by atoms with Crippen molar-refractivity contribution in [2.24, 2.45) is 0 Å². The lowest BCUT2D eigenvalue weighted by atomic mass is 10.1. The number of nitrogens with one attached hydrogen (secondary N) is 1. The number of ether oxygens (including phenoxy) is 1. The minimum absolute atomic E-state index is 0.0881. The van der Waals surface area contributed by atoms with Gasteiger partial charge in [-0.05, 0) is 18.6 Å². The van der Waals surface area contributed by atoms with Gasteiger partial charge in [0, 0.05) is 13.3 Å². The highest BCUT2D eigenvalue weighted by Gasteiger charge is 2.18. The Labute approximate surface area is 71.1 Å². The SMILES string of the molecule is CC(=S)OC1CCC(=O)NC1. The van der Waals surface area contributed by atoms with Crippen molar-refractivity contribution >= 4 is 23.2 Å². The molecule has 1 amide bonds. The van der Waals surface area contributed by atoms with Crippen LogP contribution < -0.4 is 5.32 Å². The van der Waals surface area contributed by atoms with Gasteiger partial charge in [-0.1, -0.05) is 0 Å². The van der Waals surface area contributed by atoms with E-state index in [9.17, 15) is 4.79 Å². The molecule has 62 valence electrons. The molecular formula is C7H11NO2S. The van der Waals surface area contributed by atoms with Gasteiger partial charge in [0.15, 0.2) is 5.05 Å². The molecule has 11 heavy (non-hydrogen) atoms. The Morgan fingerprint density at radius 1 is 1.82 bits per heavy atom. The first-order valence-corrected chi connectivity index (χ1v) is 4.03. The summed E-state index contributed by atoms with van der Waals surface area (Å²) in [7, 11) is 0. The van der Waals surface area contributed by atoms with Crippen LogP contribution in [0.15, 0.2) is 0 Å². The molecular weight excluding hydrogens is 162 g/mol. The molecule has 0 radical (unpaired) electrons. The Morgan fingerprint density at radius 2 is 2.55 bits per heavy atom. The number of thiocarbonyl (C=S) groups is 1. The predicted octanol–water partition coefficient (Wildman–Crippen LogP) is 0.629. The van der Waals surface area contributed by atoms with Crippen LogP contribution in [0, 0.1) is 0 Å². The van der Waals surface area contributed by atoms with E-state index in [2.05, 4.69) is 5.32 Å². The van der Waals surface area contributed by atoms with E-state index in [1.807, 2.05) is 0 Å². The Morgan fingerprint density at radius 3 is 3.00 bits per heavy atom. The molecule has 0 aromatic rings. The molecule has 0 aromatic carbocycles. The molecule has 0 bridgehead atoms. The van der Waals surface area contributed by atoms with E-state index < -0.39 is 0 Å². The van der Waals surface area contributed by atoms with Gasteiger partial charge < -0.3 is 10.1 Å². The van der Waals surface area contributed by atoms with Crippen LogP contribution in [0.5, 0.6) is 0 Å². The molecule has 3 nitrogen and oxygen atoms in total. The maximum atomic E-state index is 10.7. The van der Waals surface area contributed by atoms with Crippen LogP contribution in [0.2, 0.25) is 0 Å². The molecule has 0 spiro atoms. The van der Waals surface area contributed by atoms with Gasteiger partial charge in [0.25, 0.3) is 0 Å². The number of hydrogen-bond donors (Lipinski definition) is 1. The molecule has 0 aromatic heterocycles. The molecule has 1 atom stereocenters. The topological polar surface area (TPSA) is 38.3 Å². The van der Waals surface area contributed by atoms with E-state index in [-0.39, 0.29) is 12.0 Å². The molecule has 1 saturated heterocycles. The largest absolute Gasteiger partial charge is 0.482 e. The zero-order valence-corrected chi connectivity index (χ0v) is 7.24. The summed E-state index contributed by atoms with van der Waals surface area (Å²) < 4.78 is 5.26. The first-order valence-electron chi connectivity index (χ1n) is 3.62. The summed E-state index contributed by atoms with van der Waals surface area (Å²) in [6, 6.07) is 0. The monoisotopic (exact) mass is 173 g/mol. The van der Waals surface area contributed by atoms with Crippen molar-refractivity contribution in [3.05, 3.63) is 0 Å². The maximum absolute atomic E-state index is 10.7. The van der Waals surface area contributed by atoms with Crippen molar-refractivity contribution in [2.45, 2.75) is 25.9 Å². The first-order chi connectivity index (χ1) is 5.18. The lowest BCUT2D eigenvalue weighted by Crippen LogP contribution is -2.39. The molecule has 1 aliphatic rings. The lowest BCUT2D eigenvalue weighted by molar-refractivity contribution is -0.123. The van der Waals surface area contributed by atoms with E-state index in [1.54, 1.807) is 6.92 Å². The second-order valence-electron chi connectivity index (χ2n) is 2.57. The van der Waals surface area contributed by atoms with Gasteiger partial charge in [0.05, 0.1) is 6.54 Å². The number of rotatable bonds is 1. The summed E-state index contributed by atoms with van der Waals surface area (Å²) in [5, 5.41) is 3.26. The fourth-order valence-electron chi connectivity index (χ4n) is 1.05. The molecule has 1 N–H and O–H groups in total. The van der Waals surface area contributed by atoms with Crippen molar-refractivity contribution in [2.75, 3.05) is 6.54 Å². The van der Waals surface area contributed by atoms with E-state index in [1.165, 1.54) is 0 Å². The van der Waals surface area contributed by atoms with Crippen molar-refractivity contribution in [3.8, 4) is 0 Å². The van der Waals surface area contributed by atoms with Gasteiger partial charge >= 0.3 is 0 Å². The second kappa shape index (κ2) is 3.67. The second-order valence-corrected chi connectivity index (χ2v) is 3.15. The first kappa shape index (κ1) is 8.46. The number of carbonyl (C=O) groups is 1. The Kier molecular flexibility index (Phi) is 2.82. The lowest BCUT2D eigenvalue weighted by Gasteiger charge is -2.22. The van der Waals surface area contributed by atoms with Crippen molar-refractivity contribution in [1.82, 2.24) is 5.32 Å². The minimum atomic E-state index is 0.0881. The number of hydrogen-bond acceptors (Lipinski definition) is 3. The molecule has 1 fully saturated rings. The highest BCUT2D eigenvalue weighted by atomic mass is 32.1. The Balaban J connectivity index is 2.28. The Bertz CT molecular complexity index is 171. The van der Waals surface area contributed by atoms with Crippen LogP contribution in [0.3, 0.4) is 0 Å². The Hall–Kier alpha value is -0.640. The molecule has 1 unspecified atom stereocenters. The van der Waals surface area contributed by atoms with Crippen molar-refractivity contribution in [1.29, 1.82) is 0 Å². The summed E-state index contributed by atoms with van der Waals surface area (Å²) in [6.45, 7) is 2.33. The summed E-state index contributed by atoms with van der Waals surface area (Å²) >= 11 is 4.77. The summed E-state index contributed by atoms with van der Waals surface area (Å²) in [4.78, 5) is 10.7. The van der Waals surface area contributed by atoms with Gasteiger partial charge in [0.1, 0.15) is 6.10 Å². The smallest absolute Gasteiger partial charge is 0.220 e. The molecule has 0 saturated carbocycles. The van der Waals surface area contributed by atoms with Gasteiger partial charge in [-0.3, -0.25) is 4.79 Å². The van der Waals surface area contributed by atoms with E-state index >= 15 is 0 Å². The maximum Gasteiger partial charge on any atom is 0.220 e. The van der Waals surface area contributed by atoms with Gasteiger partial charge in [-0.25, -0.2) is 0 Å². The van der Waals surface area contributed by atoms with E-state index in [4.69, 9.17) is 17.0 Å². The highest BCUT2D eigenvalue weighted by Crippen LogP contribution is 2.07. The predicted molar refractivity (Wildman–Crippen MR) is 45.4 cm³/mol. The third-order valence-corrected chi connectivity index (χ3v) is 1.65. The van der Waals surface area contributed by atoms with Crippen LogP contribution in [0.1, 0.15) is 19.8 Å². The fraction of sp³-hybridized carbons (Fsp3) is 0.714.